The van der Waals surface area contributed by atoms with Crippen LogP contribution in [0.2, 0.25) is 0 Å². The van der Waals surface area contributed by atoms with E-state index >= 15 is 0 Å². The predicted molar refractivity (Wildman–Crippen MR) is 80.2 cm³/mol. The van der Waals surface area contributed by atoms with E-state index in [1.165, 1.54) is 0 Å². The van der Waals surface area contributed by atoms with Crippen LogP contribution < -0.4 is 5.73 Å². The van der Waals surface area contributed by atoms with E-state index in [1.807, 2.05) is 19.1 Å². The number of nitrogens with zero attached hydrogens (tertiary/aromatic N) is 1. The van der Waals surface area contributed by atoms with Gasteiger partial charge in [-0.15, -0.1) is 12.4 Å². The van der Waals surface area contributed by atoms with Crippen molar-refractivity contribution in [3.05, 3.63) is 53.7 Å². The molecule has 0 radical (unpaired) electrons. The van der Waals surface area contributed by atoms with Gasteiger partial charge in [0.2, 0.25) is 0 Å². The van der Waals surface area contributed by atoms with Crippen LogP contribution in [-0.2, 0) is 11.3 Å². The van der Waals surface area contributed by atoms with Gasteiger partial charge in [0.25, 0.3) is 0 Å². The maximum atomic E-state index is 5.73. The van der Waals surface area contributed by atoms with Crippen molar-refractivity contribution in [3.63, 3.8) is 0 Å². The molecule has 1 unspecified atom stereocenters. The standard InChI is InChI=1S/C15H18N2O.ClH/c1-11(18-2)12-5-7-13(8-6-12)15-14(10-16)4-3-9-17-15;/h3-9,11H,10,16H2,1-2H3;1H. The fourth-order valence-corrected chi connectivity index (χ4v) is 1.91. The second kappa shape index (κ2) is 7.24. The highest BCUT2D eigenvalue weighted by molar-refractivity contribution is 5.85. The molecule has 3 nitrogen and oxygen atoms in total. The molecule has 1 aromatic carbocycles. The largest absolute Gasteiger partial charge is 0.377 e. The molecule has 0 saturated carbocycles. The van der Waals surface area contributed by atoms with Gasteiger partial charge in [-0.25, -0.2) is 0 Å². The van der Waals surface area contributed by atoms with Crippen LogP contribution in [0.25, 0.3) is 11.3 Å². The molecule has 0 spiro atoms. The van der Waals surface area contributed by atoms with Crippen LogP contribution >= 0.6 is 12.4 Å². The number of rotatable bonds is 4. The first-order valence-corrected chi connectivity index (χ1v) is 6.03. The van der Waals surface area contributed by atoms with Crippen molar-refractivity contribution in [1.82, 2.24) is 4.98 Å². The highest BCUT2D eigenvalue weighted by atomic mass is 35.5. The minimum atomic E-state index is 0. The van der Waals surface area contributed by atoms with E-state index in [9.17, 15) is 0 Å². The van der Waals surface area contributed by atoms with Gasteiger partial charge in [-0.1, -0.05) is 30.3 Å². The smallest absolute Gasteiger partial charge is 0.0793 e. The molecular formula is C15H19ClN2O. The maximum Gasteiger partial charge on any atom is 0.0793 e. The lowest BCUT2D eigenvalue weighted by Crippen LogP contribution is -2.01. The molecule has 0 aliphatic rings. The van der Waals surface area contributed by atoms with Crippen molar-refractivity contribution in [2.75, 3.05) is 7.11 Å². The Morgan fingerprint density at radius 3 is 2.47 bits per heavy atom. The molecule has 0 amide bonds. The van der Waals surface area contributed by atoms with Crippen LogP contribution in [0.4, 0.5) is 0 Å². The topological polar surface area (TPSA) is 48.1 Å². The first-order valence-electron chi connectivity index (χ1n) is 6.03. The summed E-state index contributed by atoms with van der Waals surface area (Å²) in [6, 6.07) is 12.2. The Labute approximate surface area is 120 Å². The number of halogens is 1. The maximum absolute atomic E-state index is 5.73. The zero-order valence-corrected chi connectivity index (χ0v) is 12.0. The fourth-order valence-electron chi connectivity index (χ4n) is 1.91. The second-order valence-electron chi connectivity index (χ2n) is 4.22. The van der Waals surface area contributed by atoms with E-state index in [1.54, 1.807) is 13.3 Å². The van der Waals surface area contributed by atoms with Gasteiger partial charge >= 0.3 is 0 Å². The van der Waals surface area contributed by atoms with Gasteiger partial charge in [0.05, 0.1) is 11.8 Å². The minimum Gasteiger partial charge on any atom is -0.377 e. The average molecular weight is 279 g/mol. The Balaban J connectivity index is 0.00000180. The number of aromatic nitrogens is 1. The quantitative estimate of drug-likeness (QED) is 0.933. The van der Waals surface area contributed by atoms with Crippen LogP contribution in [-0.4, -0.2) is 12.1 Å². The Morgan fingerprint density at radius 1 is 1.21 bits per heavy atom. The van der Waals surface area contributed by atoms with Crippen LogP contribution in [0.5, 0.6) is 0 Å². The van der Waals surface area contributed by atoms with Crippen molar-refractivity contribution < 1.29 is 4.74 Å². The molecule has 2 rings (SSSR count). The summed E-state index contributed by atoms with van der Waals surface area (Å²) in [6.07, 6.45) is 1.90. The lowest BCUT2D eigenvalue weighted by molar-refractivity contribution is 0.119. The summed E-state index contributed by atoms with van der Waals surface area (Å²) in [7, 11) is 1.71. The van der Waals surface area contributed by atoms with Gasteiger partial charge in [0.1, 0.15) is 0 Å². The lowest BCUT2D eigenvalue weighted by atomic mass is 10.0. The molecular weight excluding hydrogens is 260 g/mol. The summed E-state index contributed by atoms with van der Waals surface area (Å²) < 4.78 is 5.29. The average Bonchev–Trinajstić information content (AvgIpc) is 2.46. The van der Waals surface area contributed by atoms with E-state index in [0.29, 0.717) is 6.54 Å². The van der Waals surface area contributed by atoms with Crippen molar-refractivity contribution in [3.8, 4) is 11.3 Å². The summed E-state index contributed by atoms with van der Waals surface area (Å²) in [4.78, 5) is 4.40. The van der Waals surface area contributed by atoms with Crippen LogP contribution in [0, 0.1) is 0 Å². The molecule has 2 N–H and O–H groups in total. The summed E-state index contributed by atoms with van der Waals surface area (Å²) in [5, 5.41) is 0. The van der Waals surface area contributed by atoms with Crippen LogP contribution in [0.3, 0.4) is 0 Å². The van der Waals surface area contributed by atoms with E-state index in [4.69, 9.17) is 10.5 Å². The number of nitrogens with two attached hydrogens (primary N) is 1. The van der Waals surface area contributed by atoms with E-state index in [2.05, 4.69) is 29.2 Å². The Kier molecular flexibility index (Phi) is 5.96. The Hall–Kier alpha value is -1.42. The zero-order valence-electron chi connectivity index (χ0n) is 11.2. The number of pyridine rings is 1. The minimum absolute atomic E-state index is 0. The van der Waals surface area contributed by atoms with Gasteiger partial charge < -0.3 is 10.5 Å². The zero-order chi connectivity index (χ0) is 13.0. The van der Waals surface area contributed by atoms with Gasteiger partial charge in [-0.3, -0.25) is 4.98 Å². The molecule has 0 saturated heterocycles. The monoisotopic (exact) mass is 278 g/mol. The molecule has 1 heterocycles. The molecule has 2 aromatic rings. The summed E-state index contributed by atoms with van der Waals surface area (Å²) in [6.45, 7) is 2.53. The molecule has 0 fully saturated rings. The van der Waals surface area contributed by atoms with Gasteiger partial charge in [-0.05, 0) is 24.1 Å². The Morgan fingerprint density at radius 2 is 1.89 bits per heavy atom. The first kappa shape index (κ1) is 15.6. The predicted octanol–water partition coefficient (Wildman–Crippen LogP) is 3.34. The second-order valence-corrected chi connectivity index (χ2v) is 4.22. The summed E-state index contributed by atoms with van der Waals surface area (Å²) in [5.74, 6) is 0. The SMILES string of the molecule is COC(C)c1ccc(-c2ncccc2CN)cc1.Cl. The molecule has 0 bridgehead atoms. The highest BCUT2D eigenvalue weighted by Crippen LogP contribution is 2.23. The van der Waals surface area contributed by atoms with E-state index in [-0.39, 0.29) is 18.5 Å². The first-order chi connectivity index (χ1) is 8.76. The highest BCUT2D eigenvalue weighted by Gasteiger charge is 2.07. The number of methoxy groups -OCH3 is 1. The summed E-state index contributed by atoms with van der Waals surface area (Å²) >= 11 is 0. The van der Waals surface area contributed by atoms with Crippen molar-refractivity contribution in [1.29, 1.82) is 0 Å². The van der Waals surface area contributed by atoms with Crippen LogP contribution in [0.15, 0.2) is 42.6 Å². The molecule has 1 aromatic heterocycles. The van der Waals surface area contributed by atoms with Gasteiger partial charge in [0, 0.05) is 25.4 Å². The molecule has 102 valence electrons. The normalized spacial score (nSPS) is 11.7. The van der Waals surface area contributed by atoms with Gasteiger partial charge in [0.15, 0.2) is 0 Å². The van der Waals surface area contributed by atoms with Gasteiger partial charge in [-0.2, -0.15) is 0 Å². The third-order valence-electron chi connectivity index (χ3n) is 3.12. The number of hydrogen-bond donors (Lipinski definition) is 1. The van der Waals surface area contributed by atoms with Crippen molar-refractivity contribution in [2.24, 2.45) is 5.73 Å². The van der Waals surface area contributed by atoms with Crippen molar-refractivity contribution >= 4 is 12.4 Å². The Bertz CT molecular complexity index is 514. The molecule has 0 aliphatic carbocycles. The molecule has 19 heavy (non-hydrogen) atoms. The van der Waals surface area contributed by atoms with Crippen molar-refractivity contribution in [2.45, 2.75) is 19.6 Å². The molecule has 1 atom stereocenters. The third kappa shape index (κ3) is 3.53. The summed E-state index contributed by atoms with van der Waals surface area (Å²) in [5.41, 5.74) is 9.99. The van der Waals surface area contributed by atoms with Crippen LogP contribution in [0.1, 0.15) is 24.2 Å². The van der Waals surface area contributed by atoms with E-state index in [0.717, 1.165) is 22.4 Å². The number of hydrogen-bond acceptors (Lipinski definition) is 3. The molecule has 0 aliphatic heterocycles. The number of benzene rings is 1. The van der Waals surface area contributed by atoms with E-state index < -0.39 is 0 Å². The third-order valence-corrected chi connectivity index (χ3v) is 3.12. The lowest BCUT2D eigenvalue weighted by Gasteiger charge is -2.11. The molecule has 4 heteroatoms. The number of ether oxygens (including phenoxy) is 1. The fraction of sp³-hybridized carbons (Fsp3) is 0.267.